The normalized spacial score (nSPS) is 10.3. The van der Waals surface area contributed by atoms with Crippen molar-refractivity contribution in [2.45, 2.75) is 6.92 Å². The molecule has 0 saturated carbocycles. The minimum absolute atomic E-state index is 0.543. The van der Waals surface area contributed by atoms with E-state index in [1.165, 1.54) is 6.20 Å². The molecule has 0 aliphatic heterocycles. The summed E-state index contributed by atoms with van der Waals surface area (Å²) in [5.74, 6) is 0. The minimum Gasteiger partial charge on any atom is -0.618 e. The number of pyridine rings is 2. The molecule has 0 N–H and O–H groups in total. The Balaban J connectivity index is 2.63. The van der Waals surface area contributed by atoms with E-state index >= 15 is 0 Å². The van der Waals surface area contributed by atoms with Gasteiger partial charge in [0.05, 0.1) is 4.47 Å². The first-order valence-corrected chi connectivity index (χ1v) is 5.28. The summed E-state index contributed by atoms with van der Waals surface area (Å²) in [4.78, 5) is 4.18. The molecule has 0 saturated heterocycles. The number of aromatic nitrogens is 2. The second-order valence-electron chi connectivity index (χ2n) is 3.25. The van der Waals surface area contributed by atoms with Gasteiger partial charge in [-0.05, 0) is 46.6 Å². The lowest BCUT2D eigenvalue weighted by Crippen LogP contribution is -2.28. The Morgan fingerprint density at radius 2 is 2.20 bits per heavy atom. The Morgan fingerprint density at radius 1 is 1.40 bits per heavy atom. The highest BCUT2D eigenvalue weighted by Gasteiger charge is 2.14. The van der Waals surface area contributed by atoms with Crippen LogP contribution in [0.25, 0.3) is 11.4 Å². The summed E-state index contributed by atoms with van der Waals surface area (Å²) in [7, 11) is 0. The maximum Gasteiger partial charge on any atom is 0.256 e. The Morgan fingerprint density at radius 3 is 2.87 bits per heavy atom. The summed E-state index contributed by atoms with van der Waals surface area (Å²) >= 11 is 3.35. The number of hydrogen-bond donors (Lipinski definition) is 0. The minimum atomic E-state index is 0.543. The van der Waals surface area contributed by atoms with Crippen LogP contribution in [0.1, 0.15) is 5.56 Å². The van der Waals surface area contributed by atoms with Gasteiger partial charge < -0.3 is 5.21 Å². The second-order valence-corrected chi connectivity index (χ2v) is 4.10. The lowest BCUT2D eigenvalue weighted by molar-refractivity contribution is -0.594. The van der Waals surface area contributed by atoms with Gasteiger partial charge in [0, 0.05) is 12.3 Å². The highest BCUT2D eigenvalue weighted by atomic mass is 79.9. The lowest BCUT2D eigenvalue weighted by atomic mass is 10.2. The smallest absolute Gasteiger partial charge is 0.256 e. The average molecular weight is 265 g/mol. The van der Waals surface area contributed by atoms with E-state index in [-0.39, 0.29) is 0 Å². The van der Waals surface area contributed by atoms with Gasteiger partial charge in [-0.15, -0.1) is 0 Å². The highest BCUT2D eigenvalue weighted by Crippen LogP contribution is 2.22. The van der Waals surface area contributed by atoms with E-state index in [2.05, 4.69) is 20.9 Å². The lowest BCUT2D eigenvalue weighted by Gasteiger charge is -2.05. The van der Waals surface area contributed by atoms with Crippen molar-refractivity contribution >= 4 is 15.9 Å². The third-order valence-corrected chi connectivity index (χ3v) is 2.71. The number of nitrogens with zero attached hydrogens (tertiary/aromatic N) is 2. The van der Waals surface area contributed by atoms with Crippen LogP contribution in [0.3, 0.4) is 0 Å². The molecule has 4 heteroatoms. The van der Waals surface area contributed by atoms with Gasteiger partial charge in [0.2, 0.25) is 0 Å². The molecule has 0 spiro atoms. The second kappa shape index (κ2) is 3.98. The van der Waals surface area contributed by atoms with Crippen molar-refractivity contribution in [2.75, 3.05) is 0 Å². The molecule has 0 unspecified atom stereocenters. The largest absolute Gasteiger partial charge is 0.618 e. The van der Waals surface area contributed by atoms with Gasteiger partial charge in [0.1, 0.15) is 5.69 Å². The van der Waals surface area contributed by atoms with Crippen LogP contribution in [0.2, 0.25) is 0 Å². The first kappa shape index (κ1) is 10.1. The van der Waals surface area contributed by atoms with E-state index in [4.69, 9.17) is 0 Å². The summed E-state index contributed by atoms with van der Waals surface area (Å²) in [6, 6.07) is 7.30. The van der Waals surface area contributed by atoms with Crippen LogP contribution in [0.5, 0.6) is 0 Å². The Bertz CT molecular complexity index is 479. The predicted molar refractivity (Wildman–Crippen MR) is 61.1 cm³/mol. The number of halogens is 1. The average Bonchev–Trinajstić information content (AvgIpc) is 2.17. The Hall–Kier alpha value is -1.42. The maximum atomic E-state index is 11.6. The topological polar surface area (TPSA) is 39.8 Å². The van der Waals surface area contributed by atoms with E-state index in [9.17, 15) is 5.21 Å². The molecule has 0 fully saturated rings. The van der Waals surface area contributed by atoms with E-state index in [1.807, 2.05) is 25.1 Å². The third-order valence-electron chi connectivity index (χ3n) is 2.07. The summed E-state index contributed by atoms with van der Waals surface area (Å²) in [6.07, 6.45) is 3.16. The maximum absolute atomic E-state index is 11.6. The fourth-order valence-electron chi connectivity index (χ4n) is 1.37. The molecule has 2 heterocycles. The van der Waals surface area contributed by atoms with Crippen LogP contribution in [0.15, 0.2) is 41.1 Å². The number of rotatable bonds is 1. The fraction of sp³-hybridized carbons (Fsp3) is 0.0909. The van der Waals surface area contributed by atoms with Gasteiger partial charge >= 0.3 is 0 Å². The first-order valence-electron chi connectivity index (χ1n) is 4.49. The summed E-state index contributed by atoms with van der Waals surface area (Å²) in [5, 5.41) is 11.6. The molecule has 0 aliphatic rings. The van der Waals surface area contributed by atoms with E-state index in [0.29, 0.717) is 11.4 Å². The van der Waals surface area contributed by atoms with Gasteiger partial charge in [0.15, 0.2) is 6.20 Å². The van der Waals surface area contributed by atoms with Crippen LogP contribution >= 0.6 is 15.9 Å². The Labute approximate surface area is 96.1 Å². The molecular formula is C11H9BrN2O. The van der Waals surface area contributed by atoms with Crippen molar-refractivity contribution in [3.8, 4) is 11.4 Å². The van der Waals surface area contributed by atoms with Crippen molar-refractivity contribution < 1.29 is 4.73 Å². The van der Waals surface area contributed by atoms with E-state index < -0.39 is 0 Å². The van der Waals surface area contributed by atoms with E-state index in [1.54, 1.807) is 12.3 Å². The molecular weight excluding hydrogens is 256 g/mol. The third kappa shape index (κ3) is 1.99. The van der Waals surface area contributed by atoms with Crippen LogP contribution < -0.4 is 4.73 Å². The molecule has 3 nitrogen and oxygen atoms in total. The van der Waals surface area contributed by atoms with Gasteiger partial charge in [-0.25, -0.2) is 4.98 Å². The zero-order chi connectivity index (χ0) is 10.8. The van der Waals surface area contributed by atoms with Crippen molar-refractivity contribution in [1.29, 1.82) is 0 Å². The molecule has 0 aliphatic carbocycles. The van der Waals surface area contributed by atoms with Crippen LogP contribution in [0.4, 0.5) is 0 Å². The molecule has 0 bridgehead atoms. The first-order chi connectivity index (χ1) is 7.18. The van der Waals surface area contributed by atoms with Crippen molar-refractivity contribution in [1.82, 2.24) is 4.98 Å². The number of hydrogen-bond acceptors (Lipinski definition) is 2. The molecule has 0 amide bonds. The summed E-state index contributed by atoms with van der Waals surface area (Å²) in [6.45, 7) is 1.97. The van der Waals surface area contributed by atoms with E-state index in [0.717, 1.165) is 14.8 Å². The SMILES string of the molecule is Cc1ccnc(-c2c(Br)ccc[n+]2[O-])c1. The zero-order valence-electron chi connectivity index (χ0n) is 8.14. The van der Waals surface area contributed by atoms with Gasteiger partial charge in [0.25, 0.3) is 5.69 Å². The van der Waals surface area contributed by atoms with Gasteiger partial charge in [-0.2, -0.15) is 4.73 Å². The summed E-state index contributed by atoms with van der Waals surface area (Å²) in [5.41, 5.74) is 2.30. The molecule has 76 valence electrons. The monoisotopic (exact) mass is 264 g/mol. The van der Waals surface area contributed by atoms with Crippen molar-refractivity contribution in [2.24, 2.45) is 0 Å². The molecule has 15 heavy (non-hydrogen) atoms. The van der Waals surface area contributed by atoms with Crippen LogP contribution in [-0.2, 0) is 0 Å². The predicted octanol–water partition coefficient (Wildman–Crippen LogP) is 2.45. The highest BCUT2D eigenvalue weighted by molar-refractivity contribution is 9.10. The van der Waals surface area contributed by atoms with Gasteiger partial charge in [-0.1, -0.05) is 0 Å². The number of aryl methyl sites for hydroxylation is 1. The van der Waals surface area contributed by atoms with Gasteiger partial charge in [-0.3, -0.25) is 0 Å². The standard InChI is InChI=1S/C11H9BrN2O/c1-8-4-5-13-10(7-8)11-9(12)3-2-6-14(11)15/h2-7H,1H3. The fourth-order valence-corrected chi connectivity index (χ4v) is 1.90. The molecule has 0 radical (unpaired) electrons. The Kier molecular flexibility index (Phi) is 2.68. The quantitative estimate of drug-likeness (QED) is 0.587. The molecule has 2 aromatic heterocycles. The van der Waals surface area contributed by atoms with Crippen LogP contribution in [0, 0.1) is 12.1 Å². The van der Waals surface area contributed by atoms with Crippen LogP contribution in [-0.4, -0.2) is 4.98 Å². The van der Waals surface area contributed by atoms with Crippen molar-refractivity contribution in [3.63, 3.8) is 0 Å². The van der Waals surface area contributed by atoms with Crippen molar-refractivity contribution in [3.05, 3.63) is 51.9 Å². The molecule has 0 atom stereocenters. The molecule has 0 aromatic carbocycles. The molecule has 2 aromatic rings. The molecule has 2 rings (SSSR count). The summed E-state index contributed by atoms with van der Waals surface area (Å²) < 4.78 is 1.56. The zero-order valence-corrected chi connectivity index (χ0v) is 9.73.